The van der Waals surface area contributed by atoms with Crippen molar-refractivity contribution < 1.29 is 13.2 Å². The summed E-state index contributed by atoms with van der Waals surface area (Å²) >= 11 is 24.5. The first kappa shape index (κ1) is 22.2. The van der Waals surface area contributed by atoms with Crippen LogP contribution in [0.4, 0.5) is 5.69 Å². The number of dihydropyridines is 1. The molecule has 160 valence electrons. The number of nitrogens with one attached hydrogen (secondary N) is 1. The lowest BCUT2D eigenvalue weighted by Gasteiger charge is -2.20. The van der Waals surface area contributed by atoms with Crippen LogP contribution >= 0.6 is 46.4 Å². The molecule has 0 amide bonds. The van der Waals surface area contributed by atoms with Crippen molar-refractivity contribution in [1.29, 1.82) is 0 Å². The number of benzene rings is 2. The first-order valence-corrected chi connectivity index (χ1v) is 12.0. The van der Waals surface area contributed by atoms with Crippen LogP contribution in [0.3, 0.4) is 0 Å². The lowest BCUT2D eigenvalue weighted by Crippen LogP contribution is -2.14. The molecule has 1 aliphatic heterocycles. The molecule has 5 nitrogen and oxygen atoms in total. The first-order valence-electron chi connectivity index (χ1n) is 9.00. The van der Waals surface area contributed by atoms with E-state index in [0.29, 0.717) is 10.8 Å². The van der Waals surface area contributed by atoms with E-state index in [1.165, 1.54) is 30.3 Å². The molecule has 1 atom stereocenters. The monoisotopic (exact) mass is 514 g/mol. The average Bonchev–Trinajstić information content (AvgIpc) is 2.70. The summed E-state index contributed by atoms with van der Waals surface area (Å²) in [5, 5.41) is 0.578. The lowest BCUT2D eigenvalue weighted by molar-refractivity contribution is 0.447. The largest absolute Gasteiger partial charge is 0.453 e. The number of anilines is 1. The van der Waals surface area contributed by atoms with E-state index in [1.54, 1.807) is 6.21 Å². The summed E-state index contributed by atoms with van der Waals surface area (Å²) in [6.45, 7) is 0. The number of ether oxygens (including phenoxy) is 1. The Hall–Kier alpha value is -1.96. The molecule has 31 heavy (non-hydrogen) atoms. The molecule has 2 aromatic rings. The van der Waals surface area contributed by atoms with Crippen LogP contribution in [0.15, 0.2) is 76.0 Å². The average molecular weight is 516 g/mol. The normalized spacial score (nSPS) is 17.6. The predicted octanol–water partition coefficient (Wildman–Crippen LogP) is 6.91. The number of allylic oxidation sites excluding steroid dienone is 5. The van der Waals surface area contributed by atoms with Gasteiger partial charge in [0.1, 0.15) is 10.7 Å². The number of hydrogen-bond acceptors (Lipinski definition) is 4. The number of aliphatic imine (C=N–C) groups is 1. The van der Waals surface area contributed by atoms with E-state index in [1.807, 2.05) is 18.2 Å². The summed E-state index contributed by atoms with van der Waals surface area (Å²) in [7, 11) is -3.99. The molecule has 1 heterocycles. The maximum absolute atomic E-state index is 12.7. The van der Waals surface area contributed by atoms with Crippen LogP contribution in [0, 0.1) is 5.92 Å². The second-order valence-electron chi connectivity index (χ2n) is 6.74. The van der Waals surface area contributed by atoms with E-state index >= 15 is 0 Å². The van der Waals surface area contributed by atoms with E-state index < -0.39 is 10.0 Å². The molecule has 0 fully saturated rings. The molecule has 4 rings (SSSR count). The van der Waals surface area contributed by atoms with Crippen LogP contribution in [0.2, 0.25) is 20.1 Å². The summed E-state index contributed by atoms with van der Waals surface area (Å²) in [5.74, 6) is 0.826. The van der Waals surface area contributed by atoms with Crippen LogP contribution in [-0.4, -0.2) is 14.6 Å². The summed E-state index contributed by atoms with van der Waals surface area (Å²) in [5.41, 5.74) is 1.11. The van der Waals surface area contributed by atoms with Gasteiger partial charge in [0.25, 0.3) is 10.0 Å². The highest BCUT2D eigenvalue weighted by atomic mass is 35.5. The topological polar surface area (TPSA) is 67.8 Å². The van der Waals surface area contributed by atoms with Crippen LogP contribution in [0.5, 0.6) is 5.75 Å². The lowest BCUT2D eigenvalue weighted by atomic mass is 9.95. The van der Waals surface area contributed by atoms with Gasteiger partial charge in [-0.25, -0.2) is 8.42 Å². The van der Waals surface area contributed by atoms with Crippen LogP contribution in [-0.2, 0) is 10.0 Å². The summed E-state index contributed by atoms with van der Waals surface area (Å²) in [6, 6.07) is 6.89. The van der Waals surface area contributed by atoms with Gasteiger partial charge in [-0.3, -0.25) is 9.71 Å². The predicted molar refractivity (Wildman–Crippen MR) is 126 cm³/mol. The van der Waals surface area contributed by atoms with Gasteiger partial charge in [0.15, 0.2) is 5.75 Å². The maximum Gasteiger partial charge on any atom is 0.263 e. The Morgan fingerprint density at radius 1 is 1.03 bits per heavy atom. The molecule has 0 radical (unpaired) electrons. The number of halogens is 4. The van der Waals surface area contributed by atoms with Gasteiger partial charge in [-0.15, -0.1) is 0 Å². The van der Waals surface area contributed by atoms with Crippen molar-refractivity contribution in [3.63, 3.8) is 0 Å². The molecule has 1 aliphatic carbocycles. The SMILES string of the molecule is O=S(=O)(Nc1cc(Cl)c(OC2=CC3CC=CC=C3N=C2)c(Cl)c1)c1ccc(Cl)cc1Cl. The minimum absolute atomic E-state index is 0.00773. The Labute approximate surface area is 199 Å². The molecule has 10 heteroatoms. The van der Waals surface area contributed by atoms with E-state index in [0.717, 1.165) is 12.1 Å². The van der Waals surface area contributed by atoms with Crippen molar-refractivity contribution in [3.8, 4) is 5.75 Å². The summed E-state index contributed by atoms with van der Waals surface area (Å²) < 4.78 is 33.7. The van der Waals surface area contributed by atoms with Gasteiger partial charge in [-0.05, 0) is 48.9 Å². The third-order valence-corrected chi connectivity index (χ3v) is 7.19. The molecule has 1 N–H and O–H groups in total. The quantitative estimate of drug-likeness (QED) is 0.470. The smallest absolute Gasteiger partial charge is 0.263 e. The van der Waals surface area contributed by atoms with Gasteiger partial charge in [0.2, 0.25) is 0 Å². The highest BCUT2D eigenvalue weighted by Crippen LogP contribution is 2.39. The van der Waals surface area contributed by atoms with E-state index in [4.69, 9.17) is 51.1 Å². The Balaban J connectivity index is 1.56. The molecular formula is C21H14Cl4N2O3S. The van der Waals surface area contributed by atoms with Crippen LogP contribution in [0.1, 0.15) is 6.42 Å². The second kappa shape index (κ2) is 8.88. The number of hydrogen-bond donors (Lipinski definition) is 1. The van der Waals surface area contributed by atoms with Gasteiger partial charge in [-0.2, -0.15) is 0 Å². The fraction of sp³-hybridized carbons (Fsp3) is 0.0952. The molecular weight excluding hydrogens is 502 g/mol. The van der Waals surface area contributed by atoms with Crippen molar-refractivity contribution >= 4 is 68.3 Å². The van der Waals surface area contributed by atoms with E-state index in [-0.39, 0.29) is 37.3 Å². The zero-order chi connectivity index (χ0) is 22.2. The minimum Gasteiger partial charge on any atom is -0.453 e. The second-order valence-corrected chi connectivity index (χ2v) is 10.0. The standard InChI is InChI=1S/C21H14Cl4N2O3S/c22-13-5-6-20(16(23)8-13)31(28,29)27-14-9-17(24)21(18(25)10-14)30-15-7-12-3-1-2-4-19(12)26-11-15/h1-2,4-12,27H,3H2. The minimum atomic E-state index is -3.99. The summed E-state index contributed by atoms with van der Waals surface area (Å²) in [4.78, 5) is 4.27. The van der Waals surface area contributed by atoms with Crippen molar-refractivity contribution in [3.05, 3.63) is 86.2 Å². The molecule has 0 bridgehead atoms. The Morgan fingerprint density at radius 2 is 1.77 bits per heavy atom. The zero-order valence-electron chi connectivity index (χ0n) is 15.7. The number of fused-ring (bicyclic) bond motifs is 1. The fourth-order valence-electron chi connectivity index (χ4n) is 3.11. The fourth-order valence-corrected chi connectivity index (χ4v) is 5.48. The third kappa shape index (κ3) is 4.94. The van der Waals surface area contributed by atoms with Crippen molar-refractivity contribution in [1.82, 2.24) is 0 Å². The molecule has 0 saturated carbocycles. The van der Waals surface area contributed by atoms with Crippen molar-refractivity contribution in [2.75, 3.05) is 4.72 Å². The van der Waals surface area contributed by atoms with Gasteiger partial charge in [0.05, 0.1) is 27.0 Å². The molecule has 2 aromatic carbocycles. The Bertz CT molecular complexity index is 1260. The van der Waals surface area contributed by atoms with Crippen LogP contribution < -0.4 is 9.46 Å². The van der Waals surface area contributed by atoms with Crippen LogP contribution in [0.25, 0.3) is 0 Å². The number of sulfonamides is 1. The number of nitrogens with zero attached hydrogens (tertiary/aromatic N) is 1. The van der Waals surface area contributed by atoms with Crippen molar-refractivity contribution in [2.45, 2.75) is 11.3 Å². The summed E-state index contributed by atoms with van der Waals surface area (Å²) in [6.07, 6.45) is 10.3. The Kier molecular flexibility index (Phi) is 6.37. The van der Waals surface area contributed by atoms with Crippen molar-refractivity contribution in [2.24, 2.45) is 10.9 Å². The van der Waals surface area contributed by atoms with Gasteiger partial charge in [0, 0.05) is 16.6 Å². The Morgan fingerprint density at radius 3 is 2.48 bits per heavy atom. The van der Waals surface area contributed by atoms with Gasteiger partial charge >= 0.3 is 0 Å². The molecule has 0 spiro atoms. The molecule has 1 unspecified atom stereocenters. The maximum atomic E-state index is 12.7. The number of rotatable bonds is 5. The molecule has 2 aliphatic rings. The highest BCUT2D eigenvalue weighted by Gasteiger charge is 2.22. The molecule has 0 aromatic heterocycles. The van der Waals surface area contributed by atoms with Gasteiger partial charge < -0.3 is 4.74 Å². The molecule has 0 saturated heterocycles. The van der Waals surface area contributed by atoms with Gasteiger partial charge in [-0.1, -0.05) is 58.6 Å². The zero-order valence-corrected chi connectivity index (χ0v) is 19.5. The highest BCUT2D eigenvalue weighted by molar-refractivity contribution is 7.92. The first-order chi connectivity index (χ1) is 14.7. The van der Waals surface area contributed by atoms with E-state index in [2.05, 4.69) is 15.8 Å². The third-order valence-electron chi connectivity index (χ3n) is 4.53. The van der Waals surface area contributed by atoms with E-state index in [9.17, 15) is 8.42 Å².